The van der Waals surface area contributed by atoms with Crippen molar-refractivity contribution in [2.75, 3.05) is 7.11 Å². The Morgan fingerprint density at radius 1 is 1.26 bits per heavy atom. The molecule has 0 unspecified atom stereocenters. The van der Waals surface area contributed by atoms with Crippen LogP contribution >= 0.6 is 0 Å². The standard InChI is InChI=1S/C17H12F3NO2/c1-23-16(22)12-6-5-11-8-14(21-15(11)9-12)10-3-2-4-13(7-10)17(18,19)20/h2-8H,9H2,1H3. The van der Waals surface area contributed by atoms with Gasteiger partial charge in [-0.3, -0.25) is 4.99 Å². The van der Waals surface area contributed by atoms with Crippen molar-refractivity contribution in [2.45, 2.75) is 12.6 Å². The number of halogens is 3. The molecule has 0 atom stereocenters. The van der Waals surface area contributed by atoms with E-state index in [0.29, 0.717) is 29.0 Å². The number of allylic oxidation sites excluding steroid dienone is 4. The number of ether oxygens (including phenoxy) is 1. The Kier molecular flexibility index (Phi) is 3.67. The molecule has 0 fully saturated rings. The fourth-order valence-corrected chi connectivity index (χ4v) is 2.46. The van der Waals surface area contributed by atoms with Crippen LogP contribution in [0.1, 0.15) is 17.5 Å². The average Bonchev–Trinajstić information content (AvgIpc) is 2.96. The monoisotopic (exact) mass is 319 g/mol. The van der Waals surface area contributed by atoms with Crippen molar-refractivity contribution in [3.63, 3.8) is 0 Å². The Hall–Kier alpha value is -2.63. The molecule has 6 heteroatoms. The fraction of sp³-hybridized carbons (Fsp3) is 0.176. The lowest BCUT2D eigenvalue weighted by molar-refractivity contribution is -0.138. The van der Waals surface area contributed by atoms with Crippen LogP contribution in [-0.2, 0) is 15.7 Å². The summed E-state index contributed by atoms with van der Waals surface area (Å²) in [5.74, 6) is -0.435. The number of carbonyl (C=O) groups excluding carboxylic acids is 1. The minimum atomic E-state index is -4.39. The van der Waals surface area contributed by atoms with E-state index >= 15 is 0 Å². The summed E-state index contributed by atoms with van der Waals surface area (Å²) in [6.07, 6.45) is 0.988. The van der Waals surface area contributed by atoms with E-state index in [-0.39, 0.29) is 0 Å². The van der Waals surface area contributed by atoms with E-state index in [1.807, 2.05) is 0 Å². The molecule has 2 aliphatic rings. The highest BCUT2D eigenvalue weighted by molar-refractivity contribution is 6.15. The molecule has 1 aromatic carbocycles. The molecule has 0 N–H and O–H groups in total. The molecule has 0 saturated heterocycles. The summed E-state index contributed by atoms with van der Waals surface area (Å²) >= 11 is 0. The first kappa shape index (κ1) is 15.3. The lowest BCUT2D eigenvalue weighted by Gasteiger charge is -2.10. The normalized spacial score (nSPS) is 16.9. The Morgan fingerprint density at radius 2 is 2.04 bits per heavy atom. The number of aliphatic imine (C=N–C) groups is 1. The van der Waals surface area contributed by atoms with Crippen molar-refractivity contribution in [1.82, 2.24) is 0 Å². The third-order valence-electron chi connectivity index (χ3n) is 3.64. The van der Waals surface area contributed by atoms with Gasteiger partial charge in [-0.2, -0.15) is 13.2 Å². The van der Waals surface area contributed by atoms with Gasteiger partial charge in [0.2, 0.25) is 0 Å². The van der Waals surface area contributed by atoms with Gasteiger partial charge in [0.15, 0.2) is 0 Å². The molecule has 0 amide bonds. The van der Waals surface area contributed by atoms with Crippen molar-refractivity contribution in [2.24, 2.45) is 4.99 Å². The third-order valence-corrected chi connectivity index (χ3v) is 3.64. The second-order valence-corrected chi connectivity index (χ2v) is 5.15. The number of esters is 1. The van der Waals surface area contributed by atoms with E-state index in [1.165, 1.54) is 13.2 Å². The largest absolute Gasteiger partial charge is 0.466 e. The van der Waals surface area contributed by atoms with E-state index in [2.05, 4.69) is 9.73 Å². The van der Waals surface area contributed by atoms with Crippen LogP contribution in [0.15, 0.2) is 58.6 Å². The van der Waals surface area contributed by atoms with Crippen molar-refractivity contribution < 1.29 is 22.7 Å². The van der Waals surface area contributed by atoms with E-state index in [1.54, 1.807) is 24.3 Å². The molecule has 3 rings (SSSR count). The highest BCUT2D eigenvalue weighted by atomic mass is 19.4. The molecule has 118 valence electrons. The first-order valence-electron chi connectivity index (χ1n) is 6.85. The summed E-state index contributed by atoms with van der Waals surface area (Å²) in [5.41, 5.74) is 2.05. The summed E-state index contributed by atoms with van der Waals surface area (Å²) in [6, 6.07) is 5.03. The van der Waals surface area contributed by atoms with Gasteiger partial charge in [0.05, 0.1) is 24.1 Å². The summed E-state index contributed by atoms with van der Waals surface area (Å²) in [6.45, 7) is 0. The molecule has 0 bridgehead atoms. The second-order valence-electron chi connectivity index (χ2n) is 5.15. The molecular weight excluding hydrogens is 307 g/mol. The summed E-state index contributed by atoms with van der Waals surface area (Å²) < 4.78 is 43.1. The summed E-state index contributed by atoms with van der Waals surface area (Å²) in [4.78, 5) is 15.9. The number of benzene rings is 1. The molecule has 23 heavy (non-hydrogen) atoms. The number of methoxy groups -OCH3 is 1. The first-order valence-corrected chi connectivity index (χ1v) is 6.85. The number of carbonyl (C=O) groups is 1. The van der Waals surface area contributed by atoms with Gasteiger partial charge < -0.3 is 4.74 Å². The second kappa shape index (κ2) is 5.53. The number of fused-ring (bicyclic) bond motifs is 1. The summed E-state index contributed by atoms with van der Waals surface area (Å²) in [5, 5.41) is 0. The molecule has 0 aromatic heterocycles. The maximum Gasteiger partial charge on any atom is 0.416 e. The zero-order chi connectivity index (χ0) is 16.6. The number of hydrogen-bond acceptors (Lipinski definition) is 3. The van der Waals surface area contributed by atoms with Crippen molar-refractivity contribution in [3.8, 4) is 0 Å². The van der Waals surface area contributed by atoms with Gasteiger partial charge in [0.25, 0.3) is 0 Å². The van der Waals surface area contributed by atoms with Crippen LogP contribution in [0, 0.1) is 0 Å². The lowest BCUT2D eigenvalue weighted by atomic mass is 9.97. The molecule has 1 aliphatic carbocycles. The van der Waals surface area contributed by atoms with Gasteiger partial charge in [-0.15, -0.1) is 0 Å². The Labute approximate surface area is 130 Å². The minimum absolute atomic E-state index is 0.303. The smallest absolute Gasteiger partial charge is 0.416 e. The van der Waals surface area contributed by atoms with Gasteiger partial charge in [-0.25, -0.2) is 4.79 Å². The van der Waals surface area contributed by atoms with Gasteiger partial charge in [0, 0.05) is 17.6 Å². The third kappa shape index (κ3) is 2.97. The zero-order valence-corrected chi connectivity index (χ0v) is 12.1. The van der Waals surface area contributed by atoms with Crippen molar-refractivity contribution in [1.29, 1.82) is 0 Å². The van der Waals surface area contributed by atoms with Crippen LogP contribution in [0.3, 0.4) is 0 Å². The quantitative estimate of drug-likeness (QED) is 0.775. The highest BCUT2D eigenvalue weighted by Crippen LogP contribution is 2.34. The molecule has 0 radical (unpaired) electrons. The molecule has 1 aliphatic heterocycles. The van der Waals surface area contributed by atoms with Crippen LogP contribution in [0.4, 0.5) is 13.2 Å². The van der Waals surface area contributed by atoms with E-state index in [0.717, 1.165) is 17.7 Å². The number of nitrogens with zero attached hydrogens (tertiary/aromatic N) is 1. The van der Waals surface area contributed by atoms with E-state index in [4.69, 9.17) is 0 Å². The van der Waals surface area contributed by atoms with Crippen LogP contribution in [-0.4, -0.2) is 18.8 Å². The van der Waals surface area contributed by atoms with Gasteiger partial charge in [-0.05, 0) is 23.8 Å². The maximum atomic E-state index is 12.8. The highest BCUT2D eigenvalue weighted by Gasteiger charge is 2.31. The number of hydrogen-bond donors (Lipinski definition) is 0. The molecule has 3 nitrogen and oxygen atoms in total. The van der Waals surface area contributed by atoms with Crippen LogP contribution in [0.2, 0.25) is 0 Å². The molecule has 1 heterocycles. The van der Waals surface area contributed by atoms with Crippen molar-refractivity contribution >= 4 is 17.4 Å². The topological polar surface area (TPSA) is 38.7 Å². The maximum absolute atomic E-state index is 12.8. The predicted molar refractivity (Wildman–Crippen MR) is 79.7 cm³/mol. The lowest BCUT2D eigenvalue weighted by Crippen LogP contribution is -2.12. The molecular formula is C17H12F3NO2. The average molecular weight is 319 g/mol. The Bertz CT molecular complexity index is 798. The molecule has 0 spiro atoms. The van der Waals surface area contributed by atoms with Crippen molar-refractivity contribution in [3.05, 3.63) is 64.8 Å². The number of rotatable bonds is 2. The van der Waals surface area contributed by atoms with Gasteiger partial charge >= 0.3 is 12.1 Å². The SMILES string of the molecule is COC(=O)C1=CC=C2C=C(c3cccc(C(F)(F)F)c3)N=C2C1. The van der Waals surface area contributed by atoms with E-state index < -0.39 is 17.7 Å². The Morgan fingerprint density at radius 3 is 2.74 bits per heavy atom. The van der Waals surface area contributed by atoms with Crippen LogP contribution in [0.25, 0.3) is 5.70 Å². The first-order chi connectivity index (χ1) is 10.9. The molecule has 0 saturated carbocycles. The van der Waals surface area contributed by atoms with Gasteiger partial charge in [-0.1, -0.05) is 24.3 Å². The molecule has 1 aromatic rings. The van der Waals surface area contributed by atoms with Gasteiger partial charge in [0.1, 0.15) is 0 Å². The van der Waals surface area contributed by atoms with Crippen LogP contribution < -0.4 is 0 Å². The number of alkyl halides is 3. The fourth-order valence-electron chi connectivity index (χ4n) is 2.46. The van der Waals surface area contributed by atoms with Crippen LogP contribution in [0.5, 0.6) is 0 Å². The Balaban J connectivity index is 1.90. The minimum Gasteiger partial charge on any atom is -0.466 e. The van der Waals surface area contributed by atoms with E-state index in [9.17, 15) is 18.0 Å². The summed E-state index contributed by atoms with van der Waals surface area (Å²) in [7, 11) is 1.30. The predicted octanol–water partition coefficient (Wildman–Crippen LogP) is 3.93. The zero-order valence-electron chi connectivity index (χ0n) is 12.1.